The smallest absolute Gasteiger partial charge is 0.202 e. The van der Waals surface area contributed by atoms with Crippen LogP contribution in [0.1, 0.15) is 0 Å². The van der Waals surface area contributed by atoms with Crippen LogP contribution in [0.15, 0.2) is 35.6 Å². The second-order valence-electron chi connectivity index (χ2n) is 3.97. The molecule has 2 aromatic heterocycles. The van der Waals surface area contributed by atoms with Crippen molar-refractivity contribution in [1.82, 2.24) is 19.7 Å². The van der Waals surface area contributed by atoms with Crippen LogP contribution in [0.3, 0.4) is 0 Å². The van der Waals surface area contributed by atoms with E-state index in [0.29, 0.717) is 16.7 Å². The van der Waals surface area contributed by atoms with Gasteiger partial charge in [0.15, 0.2) is 10.3 Å². The third-order valence-electron chi connectivity index (χ3n) is 2.85. The standard InChI is InChI=1S/C13H11ClN4OS/c1-19-10-11(14)16-13(20-2)17-12(10)18-9-6-4-3-5-8(9)7-15-18/h3-7H,1-2H3. The summed E-state index contributed by atoms with van der Waals surface area (Å²) in [6, 6.07) is 7.87. The zero-order valence-electron chi connectivity index (χ0n) is 10.9. The van der Waals surface area contributed by atoms with Gasteiger partial charge in [0.2, 0.25) is 11.6 Å². The molecule has 20 heavy (non-hydrogen) atoms. The first-order valence-electron chi connectivity index (χ1n) is 5.83. The van der Waals surface area contributed by atoms with Crippen molar-refractivity contribution < 1.29 is 4.74 Å². The van der Waals surface area contributed by atoms with Gasteiger partial charge < -0.3 is 4.74 Å². The lowest BCUT2D eigenvalue weighted by Gasteiger charge is -2.10. The molecule has 0 aliphatic heterocycles. The molecule has 0 spiro atoms. The summed E-state index contributed by atoms with van der Waals surface area (Å²) in [7, 11) is 1.54. The molecule has 3 aromatic rings. The Morgan fingerprint density at radius 3 is 2.80 bits per heavy atom. The van der Waals surface area contributed by atoms with E-state index >= 15 is 0 Å². The second kappa shape index (κ2) is 5.30. The Morgan fingerprint density at radius 1 is 1.25 bits per heavy atom. The van der Waals surface area contributed by atoms with E-state index in [0.717, 1.165) is 10.9 Å². The van der Waals surface area contributed by atoms with Gasteiger partial charge >= 0.3 is 0 Å². The first-order chi connectivity index (χ1) is 9.74. The highest BCUT2D eigenvalue weighted by Crippen LogP contribution is 2.31. The fourth-order valence-electron chi connectivity index (χ4n) is 1.94. The number of thioether (sulfide) groups is 1. The van der Waals surface area contributed by atoms with Crippen LogP contribution in [0.25, 0.3) is 16.7 Å². The highest BCUT2D eigenvalue weighted by Gasteiger charge is 2.17. The molecule has 0 saturated carbocycles. The molecular formula is C13H11ClN4OS. The Labute approximate surface area is 124 Å². The maximum atomic E-state index is 6.15. The zero-order valence-corrected chi connectivity index (χ0v) is 12.4. The van der Waals surface area contributed by atoms with Crippen molar-refractivity contribution in [2.45, 2.75) is 5.16 Å². The van der Waals surface area contributed by atoms with E-state index in [2.05, 4.69) is 15.1 Å². The molecule has 0 N–H and O–H groups in total. The number of halogens is 1. The minimum Gasteiger partial charge on any atom is -0.490 e. The van der Waals surface area contributed by atoms with Gasteiger partial charge in [0.25, 0.3) is 0 Å². The molecule has 0 aliphatic rings. The summed E-state index contributed by atoms with van der Waals surface area (Å²) >= 11 is 7.57. The zero-order chi connectivity index (χ0) is 14.1. The lowest BCUT2D eigenvalue weighted by Crippen LogP contribution is -2.05. The van der Waals surface area contributed by atoms with Gasteiger partial charge in [0, 0.05) is 5.39 Å². The molecule has 0 bridgehead atoms. The quantitative estimate of drug-likeness (QED) is 0.422. The molecule has 102 valence electrons. The van der Waals surface area contributed by atoms with Gasteiger partial charge in [-0.2, -0.15) is 10.1 Å². The van der Waals surface area contributed by atoms with E-state index < -0.39 is 0 Å². The van der Waals surface area contributed by atoms with E-state index in [-0.39, 0.29) is 5.15 Å². The summed E-state index contributed by atoms with van der Waals surface area (Å²) in [4.78, 5) is 8.62. The fraction of sp³-hybridized carbons (Fsp3) is 0.154. The van der Waals surface area contributed by atoms with Crippen LogP contribution < -0.4 is 4.74 Å². The van der Waals surface area contributed by atoms with Crippen LogP contribution in [-0.2, 0) is 0 Å². The van der Waals surface area contributed by atoms with Crippen molar-refractivity contribution in [2.75, 3.05) is 13.4 Å². The molecule has 2 heterocycles. The summed E-state index contributed by atoms with van der Waals surface area (Å²) in [6.07, 6.45) is 3.67. The summed E-state index contributed by atoms with van der Waals surface area (Å²) in [6.45, 7) is 0. The van der Waals surface area contributed by atoms with Gasteiger partial charge in [-0.15, -0.1) is 0 Å². The maximum Gasteiger partial charge on any atom is 0.202 e. The first-order valence-corrected chi connectivity index (χ1v) is 7.43. The summed E-state index contributed by atoms with van der Waals surface area (Å²) < 4.78 is 7.03. The second-order valence-corrected chi connectivity index (χ2v) is 5.10. The van der Waals surface area contributed by atoms with Crippen molar-refractivity contribution in [1.29, 1.82) is 0 Å². The van der Waals surface area contributed by atoms with Crippen LogP contribution in [0.4, 0.5) is 0 Å². The highest BCUT2D eigenvalue weighted by molar-refractivity contribution is 7.98. The third kappa shape index (κ3) is 2.10. The Morgan fingerprint density at radius 2 is 2.05 bits per heavy atom. The largest absolute Gasteiger partial charge is 0.490 e. The van der Waals surface area contributed by atoms with Crippen LogP contribution in [-0.4, -0.2) is 33.1 Å². The molecule has 0 radical (unpaired) electrons. The highest BCUT2D eigenvalue weighted by atomic mass is 35.5. The number of fused-ring (bicyclic) bond motifs is 1. The van der Waals surface area contributed by atoms with Crippen LogP contribution in [0.5, 0.6) is 5.75 Å². The number of benzene rings is 1. The molecule has 0 atom stereocenters. The van der Waals surface area contributed by atoms with Gasteiger partial charge in [-0.05, 0) is 12.3 Å². The van der Waals surface area contributed by atoms with E-state index in [1.807, 2.05) is 30.5 Å². The number of ether oxygens (including phenoxy) is 1. The lowest BCUT2D eigenvalue weighted by atomic mass is 10.2. The van der Waals surface area contributed by atoms with Gasteiger partial charge in [-0.3, -0.25) is 0 Å². The Kier molecular flexibility index (Phi) is 3.50. The normalized spacial score (nSPS) is 10.9. The number of aromatic nitrogens is 4. The van der Waals surface area contributed by atoms with Gasteiger partial charge in [-0.1, -0.05) is 41.6 Å². The van der Waals surface area contributed by atoms with Crippen molar-refractivity contribution >= 4 is 34.3 Å². The monoisotopic (exact) mass is 306 g/mol. The number of rotatable bonds is 3. The molecule has 3 rings (SSSR count). The molecule has 1 aromatic carbocycles. The van der Waals surface area contributed by atoms with Crippen LogP contribution >= 0.6 is 23.4 Å². The Hall–Kier alpha value is -1.79. The fourth-order valence-corrected chi connectivity index (χ4v) is 2.60. The van der Waals surface area contributed by atoms with Crippen LogP contribution in [0.2, 0.25) is 5.15 Å². The number of methoxy groups -OCH3 is 1. The molecular weight excluding hydrogens is 296 g/mol. The number of para-hydroxylation sites is 1. The lowest BCUT2D eigenvalue weighted by molar-refractivity contribution is 0.406. The minimum atomic E-state index is 0.279. The van der Waals surface area contributed by atoms with E-state index in [1.165, 1.54) is 11.8 Å². The van der Waals surface area contributed by atoms with Crippen molar-refractivity contribution in [2.24, 2.45) is 0 Å². The Bertz CT molecular complexity index is 774. The summed E-state index contributed by atoms with van der Waals surface area (Å²) in [5, 5.41) is 6.25. The predicted octanol–water partition coefficient (Wildman–Crippen LogP) is 3.20. The maximum absolute atomic E-state index is 6.15. The molecule has 0 unspecified atom stereocenters. The van der Waals surface area contributed by atoms with Crippen molar-refractivity contribution in [3.63, 3.8) is 0 Å². The first kappa shape index (κ1) is 13.2. The summed E-state index contributed by atoms with van der Waals surface area (Å²) in [5.41, 5.74) is 0.938. The minimum absolute atomic E-state index is 0.279. The van der Waals surface area contributed by atoms with Crippen LogP contribution in [0, 0.1) is 0 Å². The van der Waals surface area contributed by atoms with Gasteiger partial charge in [-0.25, -0.2) is 9.67 Å². The average Bonchev–Trinajstić information content (AvgIpc) is 2.90. The predicted molar refractivity (Wildman–Crippen MR) is 80.0 cm³/mol. The molecule has 0 fully saturated rings. The topological polar surface area (TPSA) is 52.8 Å². The number of hydrogen-bond acceptors (Lipinski definition) is 5. The molecule has 0 aliphatic carbocycles. The van der Waals surface area contributed by atoms with E-state index in [9.17, 15) is 0 Å². The molecule has 7 heteroatoms. The van der Waals surface area contributed by atoms with E-state index in [4.69, 9.17) is 16.3 Å². The van der Waals surface area contributed by atoms with Crippen molar-refractivity contribution in [3.8, 4) is 11.6 Å². The molecule has 5 nitrogen and oxygen atoms in total. The SMILES string of the molecule is COc1c(Cl)nc(SC)nc1-n1ncc2ccccc21. The van der Waals surface area contributed by atoms with Gasteiger partial charge in [0.05, 0.1) is 18.8 Å². The summed E-state index contributed by atoms with van der Waals surface area (Å²) in [5.74, 6) is 0.955. The number of hydrogen-bond donors (Lipinski definition) is 0. The van der Waals surface area contributed by atoms with E-state index in [1.54, 1.807) is 18.0 Å². The molecule has 0 amide bonds. The third-order valence-corrected chi connectivity index (χ3v) is 3.65. The Balaban J connectivity index is 2.30. The molecule has 0 saturated heterocycles. The number of nitrogens with zero attached hydrogens (tertiary/aromatic N) is 4. The van der Waals surface area contributed by atoms with Gasteiger partial charge in [0.1, 0.15) is 0 Å². The average molecular weight is 307 g/mol. The van der Waals surface area contributed by atoms with Crippen molar-refractivity contribution in [3.05, 3.63) is 35.6 Å².